The number of imidazole rings is 1. The van der Waals surface area contributed by atoms with Gasteiger partial charge in [-0.2, -0.15) is 0 Å². The molecule has 0 bridgehead atoms. The molecule has 3 rings (SSSR count). The molecule has 2 saturated heterocycles. The van der Waals surface area contributed by atoms with Crippen LogP contribution in [0.15, 0.2) is 12.4 Å². The predicted molar refractivity (Wildman–Crippen MR) is 102 cm³/mol. The van der Waals surface area contributed by atoms with E-state index in [0.717, 1.165) is 64.2 Å². The standard InChI is InChI=1S/C20H34N4O2/c1-16(2)5-10-24-15-20(26-19(24)25)7-12-22(13-8-20)17(3)6-11-23-14-9-21-18(23)4/h9,14,16-17H,5-8,10-13,15H2,1-4H3. The topological polar surface area (TPSA) is 50.6 Å². The van der Waals surface area contributed by atoms with Crippen LogP contribution in [0.5, 0.6) is 0 Å². The Morgan fingerprint density at radius 1 is 1.19 bits per heavy atom. The summed E-state index contributed by atoms with van der Waals surface area (Å²) in [5.74, 6) is 1.69. The summed E-state index contributed by atoms with van der Waals surface area (Å²) in [4.78, 5) is 21.0. The summed E-state index contributed by atoms with van der Waals surface area (Å²) in [5.41, 5.74) is -0.245. The molecular weight excluding hydrogens is 328 g/mol. The van der Waals surface area contributed by atoms with Crippen molar-refractivity contribution in [2.45, 2.75) is 71.6 Å². The molecule has 0 N–H and O–H groups in total. The second-order valence-electron chi connectivity index (χ2n) is 8.50. The van der Waals surface area contributed by atoms with Crippen molar-refractivity contribution in [2.75, 3.05) is 26.2 Å². The number of hydrogen-bond acceptors (Lipinski definition) is 4. The predicted octanol–water partition coefficient (Wildman–Crippen LogP) is 3.30. The molecular formula is C20H34N4O2. The molecule has 1 unspecified atom stereocenters. The Bertz CT molecular complexity index is 605. The smallest absolute Gasteiger partial charge is 0.410 e. The van der Waals surface area contributed by atoms with Gasteiger partial charge in [0.25, 0.3) is 0 Å². The van der Waals surface area contributed by atoms with Crippen LogP contribution in [-0.2, 0) is 11.3 Å². The first kappa shape index (κ1) is 19.2. The van der Waals surface area contributed by atoms with Crippen molar-refractivity contribution in [3.8, 4) is 0 Å². The highest BCUT2D eigenvalue weighted by atomic mass is 16.6. The van der Waals surface area contributed by atoms with Crippen molar-refractivity contribution in [1.82, 2.24) is 19.4 Å². The van der Waals surface area contributed by atoms with Crippen LogP contribution in [0.1, 0.15) is 52.3 Å². The molecule has 1 atom stereocenters. The highest BCUT2D eigenvalue weighted by Crippen LogP contribution is 2.34. The van der Waals surface area contributed by atoms with Gasteiger partial charge in [0.15, 0.2) is 0 Å². The molecule has 0 aliphatic carbocycles. The van der Waals surface area contributed by atoms with Gasteiger partial charge in [0.05, 0.1) is 6.54 Å². The van der Waals surface area contributed by atoms with E-state index in [1.807, 2.05) is 11.1 Å². The number of hydrogen-bond donors (Lipinski definition) is 0. The maximum Gasteiger partial charge on any atom is 0.410 e. The Labute approximate surface area is 157 Å². The maximum atomic E-state index is 12.2. The maximum absolute atomic E-state index is 12.2. The monoisotopic (exact) mass is 362 g/mol. The van der Waals surface area contributed by atoms with Crippen LogP contribution in [0.2, 0.25) is 0 Å². The van der Waals surface area contributed by atoms with E-state index in [9.17, 15) is 4.79 Å². The van der Waals surface area contributed by atoms with Crippen LogP contribution in [0.25, 0.3) is 0 Å². The van der Waals surface area contributed by atoms with E-state index in [-0.39, 0.29) is 11.7 Å². The second kappa shape index (κ2) is 7.99. The quantitative estimate of drug-likeness (QED) is 0.747. The van der Waals surface area contributed by atoms with Crippen molar-refractivity contribution in [3.63, 3.8) is 0 Å². The molecule has 2 aliphatic rings. The van der Waals surface area contributed by atoms with Crippen LogP contribution in [0.3, 0.4) is 0 Å². The number of rotatable bonds is 7. The number of likely N-dealkylation sites (tertiary alicyclic amines) is 1. The molecule has 2 aliphatic heterocycles. The van der Waals surface area contributed by atoms with E-state index >= 15 is 0 Å². The van der Waals surface area contributed by atoms with E-state index in [0.29, 0.717) is 12.0 Å². The minimum absolute atomic E-state index is 0.109. The van der Waals surface area contributed by atoms with Crippen molar-refractivity contribution >= 4 is 6.09 Å². The van der Waals surface area contributed by atoms with Crippen molar-refractivity contribution < 1.29 is 9.53 Å². The van der Waals surface area contributed by atoms with Crippen LogP contribution < -0.4 is 0 Å². The fraction of sp³-hybridized carbons (Fsp3) is 0.800. The lowest BCUT2D eigenvalue weighted by molar-refractivity contribution is -0.00943. The third-order valence-electron chi connectivity index (χ3n) is 6.06. The lowest BCUT2D eigenvalue weighted by atomic mass is 9.90. The summed E-state index contributed by atoms with van der Waals surface area (Å²) < 4.78 is 8.06. The number of amides is 1. The first-order valence-corrected chi connectivity index (χ1v) is 10.1. The van der Waals surface area contributed by atoms with E-state index in [2.05, 4.69) is 48.3 Å². The van der Waals surface area contributed by atoms with Gasteiger partial charge in [-0.1, -0.05) is 13.8 Å². The highest BCUT2D eigenvalue weighted by molar-refractivity contribution is 5.70. The molecule has 1 aromatic heterocycles. The average Bonchev–Trinajstić information content (AvgIpc) is 3.14. The molecule has 6 heteroatoms. The van der Waals surface area contributed by atoms with Crippen LogP contribution in [-0.4, -0.2) is 63.3 Å². The van der Waals surface area contributed by atoms with Gasteiger partial charge in [0.2, 0.25) is 0 Å². The minimum Gasteiger partial charge on any atom is -0.441 e. The van der Waals surface area contributed by atoms with Crippen molar-refractivity contribution in [3.05, 3.63) is 18.2 Å². The van der Waals surface area contributed by atoms with Crippen LogP contribution in [0.4, 0.5) is 4.79 Å². The second-order valence-corrected chi connectivity index (χ2v) is 8.50. The van der Waals surface area contributed by atoms with Gasteiger partial charge in [-0.25, -0.2) is 9.78 Å². The summed E-state index contributed by atoms with van der Waals surface area (Å²) in [6.45, 7) is 13.4. The summed E-state index contributed by atoms with van der Waals surface area (Å²) >= 11 is 0. The molecule has 0 saturated carbocycles. The van der Waals surface area contributed by atoms with E-state index in [4.69, 9.17) is 4.74 Å². The van der Waals surface area contributed by atoms with Gasteiger partial charge in [-0.3, -0.25) is 0 Å². The average molecular weight is 363 g/mol. The molecule has 0 radical (unpaired) electrons. The number of aryl methyl sites for hydroxylation is 2. The zero-order valence-electron chi connectivity index (χ0n) is 16.8. The molecule has 1 spiro atoms. The number of nitrogens with zero attached hydrogens (tertiary/aromatic N) is 4. The number of carbonyl (C=O) groups excluding carboxylic acids is 1. The van der Waals surface area contributed by atoms with Gasteiger partial charge >= 0.3 is 6.09 Å². The first-order chi connectivity index (χ1) is 12.4. The first-order valence-electron chi connectivity index (χ1n) is 10.1. The Balaban J connectivity index is 1.46. The lowest BCUT2D eigenvalue weighted by Gasteiger charge is -2.40. The van der Waals surface area contributed by atoms with Crippen molar-refractivity contribution in [1.29, 1.82) is 0 Å². The van der Waals surface area contributed by atoms with Gasteiger partial charge in [-0.15, -0.1) is 0 Å². The van der Waals surface area contributed by atoms with Gasteiger partial charge in [-0.05, 0) is 32.6 Å². The largest absolute Gasteiger partial charge is 0.441 e. The van der Waals surface area contributed by atoms with Gasteiger partial charge in [0.1, 0.15) is 11.4 Å². The van der Waals surface area contributed by atoms with Gasteiger partial charge < -0.3 is 19.1 Å². The third-order valence-corrected chi connectivity index (χ3v) is 6.06. The summed E-state index contributed by atoms with van der Waals surface area (Å²) in [6.07, 6.45) is 7.87. The highest BCUT2D eigenvalue weighted by Gasteiger charge is 2.47. The lowest BCUT2D eigenvalue weighted by Crippen LogP contribution is -2.49. The molecule has 2 fully saturated rings. The molecule has 0 aromatic carbocycles. The van der Waals surface area contributed by atoms with E-state index < -0.39 is 0 Å². The molecule has 146 valence electrons. The number of piperidine rings is 1. The van der Waals surface area contributed by atoms with Gasteiger partial charge in [0, 0.05) is 57.5 Å². The Hall–Kier alpha value is -1.56. The zero-order valence-corrected chi connectivity index (χ0v) is 16.8. The number of ether oxygens (including phenoxy) is 1. The Morgan fingerprint density at radius 2 is 1.92 bits per heavy atom. The Morgan fingerprint density at radius 3 is 2.54 bits per heavy atom. The van der Waals surface area contributed by atoms with E-state index in [1.165, 1.54) is 0 Å². The van der Waals surface area contributed by atoms with Crippen LogP contribution in [0, 0.1) is 12.8 Å². The van der Waals surface area contributed by atoms with E-state index in [1.54, 1.807) is 0 Å². The fourth-order valence-corrected chi connectivity index (χ4v) is 4.06. The normalized spacial score (nSPS) is 21.6. The minimum atomic E-state index is -0.245. The SMILES string of the molecule is Cc1nccn1CCC(C)N1CCC2(CC1)CN(CCC(C)C)C(=O)O2. The molecule has 1 amide bonds. The number of aromatic nitrogens is 2. The summed E-state index contributed by atoms with van der Waals surface area (Å²) in [6, 6.07) is 0.531. The molecule has 26 heavy (non-hydrogen) atoms. The van der Waals surface area contributed by atoms with Crippen molar-refractivity contribution in [2.24, 2.45) is 5.92 Å². The number of carbonyl (C=O) groups is 1. The summed E-state index contributed by atoms with van der Waals surface area (Å²) in [7, 11) is 0. The Kier molecular flexibility index (Phi) is 5.90. The molecule has 1 aromatic rings. The third kappa shape index (κ3) is 4.40. The molecule has 6 nitrogen and oxygen atoms in total. The zero-order chi connectivity index (χ0) is 18.7. The fourth-order valence-electron chi connectivity index (χ4n) is 4.06. The molecule has 3 heterocycles. The summed E-state index contributed by atoms with van der Waals surface area (Å²) in [5, 5.41) is 0. The van der Waals surface area contributed by atoms with Crippen LogP contribution >= 0.6 is 0 Å².